The zero-order valence-electron chi connectivity index (χ0n) is 8.99. The molecular formula is C13H18S. The number of thioether (sulfide) groups is 1. The summed E-state index contributed by atoms with van der Waals surface area (Å²) in [7, 11) is 0. The highest BCUT2D eigenvalue weighted by Gasteiger charge is 1.92. The molecule has 0 unspecified atom stereocenters. The van der Waals surface area contributed by atoms with Gasteiger partial charge in [-0.05, 0) is 43.2 Å². The van der Waals surface area contributed by atoms with Gasteiger partial charge in [0, 0.05) is 4.90 Å². The minimum Gasteiger partial charge on any atom is -0.130 e. The second-order valence-corrected chi connectivity index (χ2v) is 4.15. The fourth-order valence-electron chi connectivity index (χ4n) is 1.33. The Hall–Kier alpha value is -0.690. The van der Waals surface area contributed by atoms with Gasteiger partial charge in [-0.2, -0.15) is 0 Å². The van der Waals surface area contributed by atoms with Gasteiger partial charge in [0.2, 0.25) is 0 Å². The molecule has 0 saturated carbocycles. The third kappa shape index (κ3) is 4.01. The molecule has 0 aliphatic heterocycles. The molecule has 1 aromatic rings. The lowest BCUT2D eigenvalue weighted by atomic mass is 10.1. The first-order valence-electron chi connectivity index (χ1n) is 5.14. The number of benzene rings is 1. The van der Waals surface area contributed by atoms with E-state index in [1.54, 1.807) is 11.8 Å². The SMILES string of the molecule is CC/C=C/CCc1ccc(SC)cc1. The Bertz CT molecular complexity index is 272. The highest BCUT2D eigenvalue weighted by molar-refractivity contribution is 7.98. The summed E-state index contributed by atoms with van der Waals surface area (Å²) in [5, 5.41) is 0. The van der Waals surface area contributed by atoms with E-state index in [2.05, 4.69) is 49.6 Å². The van der Waals surface area contributed by atoms with Gasteiger partial charge >= 0.3 is 0 Å². The van der Waals surface area contributed by atoms with Crippen LogP contribution in [-0.2, 0) is 6.42 Å². The topological polar surface area (TPSA) is 0 Å². The van der Waals surface area contributed by atoms with Crippen LogP contribution < -0.4 is 0 Å². The second kappa shape index (κ2) is 6.72. The molecule has 0 fully saturated rings. The van der Waals surface area contributed by atoms with Crippen LogP contribution >= 0.6 is 11.8 Å². The summed E-state index contributed by atoms with van der Waals surface area (Å²) in [5.74, 6) is 0. The van der Waals surface area contributed by atoms with Crippen LogP contribution in [0.2, 0.25) is 0 Å². The molecule has 0 N–H and O–H groups in total. The van der Waals surface area contributed by atoms with Crippen molar-refractivity contribution in [3.63, 3.8) is 0 Å². The van der Waals surface area contributed by atoms with Gasteiger partial charge in [0.05, 0.1) is 0 Å². The molecule has 0 aliphatic carbocycles. The number of aryl methyl sites for hydroxylation is 1. The molecule has 76 valence electrons. The van der Waals surface area contributed by atoms with Crippen molar-refractivity contribution in [2.45, 2.75) is 31.1 Å². The van der Waals surface area contributed by atoms with E-state index in [1.807, 2.05) is 0 Å². The molecule has 0 aliphatic rings. The zero-order valence-corrected chi connectivity index (χ0v) is 9.81. The Morgan fingerprint density at radius 1 is 1.14 bits per heavy atom. The first-order chi connectivity index (χ1) is 6.86. The number of hydrogen-bond donors (Lipinski definition) is 0. The largest absolute Gasteiger partial charge is 0.130 e. The highest BCUT2D eigenvalue weighted by Crippen LogP contribution is 2.15. The molecule has 0 saturated heterocycles. The van der Waals surface area contributed by atoms with E-state index in [0.717, 1.165) is 19.3 Å². The van der Waals surface area contributed by atoms with Crippen LogP contribution in [0.3, 0.4) is 0 Å². The van der Waals surface area contributed by atoms with Crippen LogP contribution in [-0.4, -0.2) is 6.26 Å². The van der Waals surface area contributed by atoms with Gasteiger partial charge < -0.3 is 0 Å². The Morgan fingerprint density at radius 3 is 2.43 bits per heavy atom. The van der Waals surface area contributed by atoms with E-state index in [1.165, 1.54) is 10.5 Å². The lowest BCUT2D eigenvalue weighted by molar-refractivity contribution is 0.989. The van der Waals surface area contributed by atoms with Gasteiger partial charge in [-0.25, -0.2) is 0 Å². The van der Waals surface area contributed by atoms with E-state index >= 15 is 0 Å². The summed E-state index contributed by atoms with van der Waals surface area (Å²) in [6, 6.07) is 8.85. The van der Waals surface area contributed by atoms with E-state index in [4.69, 9.17) is 0 Å². The molecule has 0 spiro atoms. The van der Waals surface area contributed by atoms with Gasteiger partial charge in [0.25, 0.3) is 0 Å². The molecule has 0 bridgehead atoms. The van der Waals surface area contributed by atoms with Crippen LogP contribution in [0.5, 0.6) is 0 Å². The molecule has 0 radical (unpaired) electrons. The Kier molecular flexibility index (Phi) is 5.46. The van der Waals surface area contributed by atoms with Crippen molar-refractivity contribution in [1.29, 1.82) is 0 Å². The van der Waals surface area contributed by atoms with Crippen LogP contribution in [0, 0.1) is 0 Å². The standard InChI is InChI=1S/C13H18S/c1-3-4-5-6-7-12-8-10-13(14-2)11-9-12/h4-5,8-11H,3,6-7H2,1-2H3/b5-4+. The molecule has 1 heteroatoms. The maximum atomic E-state index is 2.27. The first kappa shape index (κ1) is 11.4. The molecule has 1 rings (SSSR count). The number of rotatable bonds is 5. The van der Waals surface area contributed by atoms with Crippen LogP contribution in [0.15, 0.2) is 41.3 Å². The van der Waals surface area contributed by atoms with Crippen molar-refractivity contribution in [3.05, 3.63) is 42.0 Å². The minimum absolute atomic E-state index is 1.14. The van der Waals surface area contributed by atoms with E-state index in [-0.39, 0.29) is 0 Å². The molecule has 1 aromatic carbocycles. The molecule has 0 nitrogen and oxygen atoms in total. The second-order valence-electron chi connectivity index (χ2n) is 3.27. The summed E-state index contributed by atoms with van der Waals surface area (Å²) in [6.07, 6.45) is 10.1. The normalized spacial score (nSPS) is 11.0. The summed E-state index contributed by atoms with van der Waals surface area (Å²) < 4.78 is 0. The van der Waals surface area contributed by atoms with Crippen LogP contribution in [0.1, 0.15) is 25.3 Å². The molecule has 14 heavy (non-hydrogen) atoms. The third-order valence-corrected chi connectivity index (χ3v) is 2.90. The van der Waals surface area contributed by atoms with Gasteiger partial charge in [-0.1, -0.05) is 31.2 Å². The van der Waals surface area contributed by atoms with Crippen LogP contribution in [0.25, 0.3) is 0 Å². The van der Waals surface area contributed by atoms with Gasteiger partial charge in [-0.15, -0.1) is 11.8 Å². The first-order valence-corrected chi connectivity index (χ1v) is 6.37. The monoisotopic (exact) mass is 206 g/mol. The minimum atomic E-state index is 1.14. The van der Waals surface area contributed by atoms with Gasteiger partial charge in [0.15, 0.2) is 0 Å². The van der Waals surface area contributed by atoms with Crippen molar-refractivity contribution in [2.75, 3.05) is 6.26 Å². The summed E-state index contributed by atoms with van der Waals surface area (Å²) >= 11 is 1.80. The zero-order chi connectivity index (χ0) is 10.2. The summed E-state index contributed by atoms with van der Waals surface area (Å²) in [5.41, 5.74) is 1.43. The summed E-state index contributed by atoms with van der Waals surface area (Å²) in [4.78, 5) is 1.35. The summed E-state index contributed by atoms with van der Waals surface area (Å²) in [6.45, 7) is 2.17. The van der Waals surface area contributed by atoms with E-state index in [9.17, 15) is 0 Å². The maximum Gasteiger partial charge on any atom is 0.00693 e. The van der Waals surface area contributed by atoms with Crippen molar-refractivity contribution in [3.8, 4) is 0 Å². The average molecular weight is 206 g/mol. The lowest BCUT2D eigenvalue weighted by Crippen LogP contribution is -1.82. The Balaban J connectivity index is 2.40. The van der Waals surface area contributed by atoms with Gasteiger partial charge in [0.1, 0.15) is 0 Å². The Morgan fingerprint density at radius 2 is 1.86 bits per heavy atom. The smallest absolute Gasteiger partial charge is 0.00693 e. The van der Waals surface area contributed by atoms with Crippen molar-refractivity contribution in [1.82, 2.24) is 0 Å². The van der Waals surface area contributed by atoms with E-state index < -0.39 is 0 Å². The average Bonchev–Trinajstić information content (AvgIpc) is 2.25. The molecule has 0 amide bonds. The fourth-order valence-corrected chi connectivity index (χ4v) is 1.73. The third-order valence-electron chi connectivity index (χ3n) is 2.16. The highest BCUT2D eigenvalue weighted by atomic mass is 32.2. The van der Waals surface area contributed by atoms with Crippen molar-refractivity contribution < 1.29 is 0 Å². The molecule has 0 atom stereocenters. The number of allylic oxidation sites excluding steroid dienone is 2. The van der Waals surface area contributed by atoms with E-state index in [0.29, 0.717) is 0 Å². The van der Waals surface area contributed by atoms with Gasteiger partial charge in [-0.3, -0.25) is 0 Å². The lowest BCUT2D eigenvalue weighted by Gasteiger charge is -1.99. The van der Waals surface area contributed by atoms with Crippen molar-refractivity contribution >= 4 is 11.8 Å². The Labute approximate surface area is 91.4 Å². The van der Waals surface area contributed by atoms with Crippen molar-refractivity contribution in [2.24, 2.45) is 0 Å². The molecule has 0 aromatic heterocycles. The van der Waals surface area contributed by atoms with Crippen LogP contribution in [0.4, 0.5) is 0 Å². The molecular weight excluding hydrogens is 188 g/mol. The quantitative estimate of drug-likeness (QED) is 0.511. The fraction of sp³-hybridized carbons (Fsp3) is 0.385. The predicted octanol–water partition coefficient (Wildman–Crippen LogP) is 4.31. The molecule has 0 heterocycles. The number of hydrogen-bond acceptors (Lipinski definition) is 1. The maximum absolute atomic E-state index is 2.27. The predicted molar refractivity (Wildman–Crippen MR) is 66.0 cm³/mol.